The molecule has 126 valence electrons. The molecule has 0 spiro atoms. The third-order valence-electron chi connectivity index (χ3n) is 4.42. The van der Waals surface area contributed by atoms with Gasteiger partial charge < -0.3 is 10.2 Å². The molecular weight excluding hydrogens is 328 g/mol. The van der Waals surface area contributed by atoms with Gasteiger partial charge in [-0.25, -0.2) is 0 Å². The van der Waals surface area contributed by atoms with E-state index in [1.54, 1.807) is 60.7 Å². The van der Waals surface area contributed by atoms with Crippen molar-refractivity contribution in [2.75, 3.05) is 0 Å². The molecule has 0 unspecified atom stereocenters. The summed E-state index contributed by atoms with van der Waals surface area (Å²) in [6.07, 6.45) is 3.54. The van der Waals surface area contributed by atoms with Gasteiger partial charge in [-0.15, -0.1) is 0 Å². The van der Waals surface area contributed by atoms with Gasteiger partial charge in [0.25, 0.3) is 0 Å². The number of hydrogen-bond acceptors (Lipinski definition) is 4. The van der Waals surface area contributed by atoms with E-state index in [4.69, 9.17) is 0 Å². The molecule has 1 aliphatic rings. The van der Waals surface area contributed by atoms with E-state index in [1.165, 1.54) is 12.1 Å². The Balaban J connectivity index is 1.71. The Labute approximate surface area is 149 Å². The summed E-state index contributed by atoms with van der Waals surface area (Å²) in [6.45, 7) is 0. The average molecular weight is 342 g/mol. The lowest BCUT2D eigenvalue weighted by Crippen LogP contribution is -2.20. The number of phenols is 2. The smallest absolute Gasteiger partial charge is 0.194 e. The molecule has 0 aliphatic heterocycles. The molecule has 0 amide bonds. The van der Waals surface area contributed by atoms with Crippen LogP contribution in [0.25, 0.3) is 12.2 Å². The molecule has 1 aliphatic carbocycles. The van der Waals surface area contributed by atoms with Gasteiger partial charge in [0.15, 0.2) is 23.1 Å². The summed E-state index contributed by atoms with van der Waals surface area (Å²) in [4.78, 5) is 25.3. The lowest BCUT2D eigenvalue weighted by Gasteiger charge is -2.17. The van der Waals surface area contributed by atoms with Crippen molar-refractivity contribution >= 4 is 23.7 Å². The number of hydrogen-bond donors (Lipinski definition) is 2. The molecule has 2 N–H and O–H groups in total. The van der Waals surface area contributed by atoms with Crippen molar-refractivity contribution in [2.45, 2.75) is 0 Å². The van der Waals surface area contributed by atoms with Gasteiger partial charge in [-0.2, -0.15) is 0 Å². The molecule has 3 aromatic carbocycles. The second-order valence-corrected chi connectivity index (χ2v) is 6.09. The summed E-state index contributed by atoms with van der Waals surface area (Å²) in [5, 5.41) is 18.9. The van der Waals surface area contributed by atoms with Gasteiger partial charge in [0.05, 0.1) is 0 Å². The first kappa shape index (κ1) is 15.8. The Morgan fingerprint density at radius 1 is 0.577 bits per heavy atom. The standard InChI is InChI=1S/C22H14O4/c23-19-10-8-14(12-20(19)24)6-5-13-7-9-17-18(11-13)22(26)16-4-2-1-3-15(16)21(17)25/h1-12,23-24H. The zero-order valence-electron chi connectivity index (χ0n) is 13.6. The fraction of sp³-hybridized carbons (Fsp3) is 0. The normalized spacial score (nSPS) is 12.9. The number of aromatic hydroxyl groups is 2. The van der Waals surface area contributed by atoms with Crippen LogP contribution in [0.5, 0.6) is 11.5 Å². The highest BCUT2D eigenvalue weighted by Gasteiger charge is 2.29. The van der Waals surface area contributed by atoms with E-state index >= 15 is 0 Å². The van der Waals surface area contributed by atoms with Crippen molar-refractivity contribution in [3.05, 3.63) is 94.0 Å². The van der Waals surface area contributed by atoms with E-state index in [-0.39, 0.29) is 23.1 Å². The fourth-order valence-corrected chi connectivity index (χ4v) is 3.06. The minimum Gasteiger partial charge on any atom is -0.504 e. The van der Waals surface area contributed by atoms with Crippen molar-refractivity contribution in [1.29, 1.82) is 0 Å². The van der Waals surface area contributed by atoms with Crippen LogP contribution in [0, 0.1) is 0 Å². The highest BCUT2D eigenvalue weighted by Crippen LogP contribution is 2.29. The summed E-state index contributed by atoms with van der Waals surface area (Å²) in [5.41, 5.74) is 3.13. The maximum atomic E-state index is 12.7. The average Bonchev–Trinajstić information content (AvgIpc) is 2.67. The first-order valence-electron chi connectivity index (χ1n) is 8.07. The number of benzene rings is 3. The van der Waals surface area contributed by atoms with Gasteiger partial charge in [-0.1, -0.05) is 48.6 Å². The quantitative estimate of drug-likeness (QED) is 0.426. The predicted octanol–water partition coefficient (Wildman–Crippen LogP) is 4.04. The van der Waals surface area contributed by atoms with Crippen molar-refractivity contribution in [1.82, 2.24) is 0 Å². The Bertz CT molecular complexity index is 1090. The lowest BCUT2D eigenvalue weighted by molar-refractivity contribution is 0.0979. The largest absolute Gasteiger partial charge is 0.504 e. The molecule has 0 aromatic heterocycles. The van der Waals surface area contributed by atoms with Crippen LogP contribution in [0.15, 0.2) is 60.7 Å². The molecule has 0 atom stereocenters. The molecular formula is C22H14O4. The van der Waals surface area contributed by atoms with Gasteiger partial charge in [0, 0.05) is 22.3 Å². The number of rotatable bonds is 2. The molecule has 4 nitrogen and oxygen atoms in total. The van der Waals surface area contributed by atoms with Crippen molar-refractivity contribution < 1.29 is 19.8 Å². The molecule has 0 bridgehead atoms. The summed E-state index contributed by atoms with van der Waals surface area (Å²) >= 11 is 0. The maximum Gasteiger partial charge on any atom is 0.194 e. The van der Waals surface area contributed by atoms with E-state index in [0.717, 1.165) is 5.56 Å². The Kier molecular flexibility index (Phi) is 3.66. The van der Waals surface area contributed by atoms with Gasteiger partial charge in [-0.05, 0) is 35.4 Å². The fourth-order valence-electron chi connectivity index (χ4n) is 3.06. The Morgan fingerprint density at radius 2 is 1.12 bits per heavy atom. The summed E-state index contributed by atoms with van der Waals surface area (Å²) in [7, 11) is 0. The maximum absolute atomic E-state index is 12.7. The third kappa shape index (κ3) is 2.58. The van der Waals surface area contributed by atoms with Crippen LogP contribution in [0.4, 0.5) is 0 Å². The molecule has 3 aromatic rings. The number of carbonyl (C=O) groups is 2. The highest BCUT2D eigenvalue weighted by molar-refractivity contribution is 6.28. The third-order valence-corrected chi connectivity index (χ3v) is 4.42. The molecule has 0 saturated heterocycles. The monoisotopic (exact) mass is 342 g/mol. The zero-order chi connectivity index (χ0) is 18.3. The molecule has 26 heavy (non-hydrogen) atoms. The highest BCUT2D eigenvalue weighted by atomic mass is 16.3. The number of fused-ring (bicyclic) bond motifs is 2. The minimum atomic E-state index is -0.199. The second kappa shape index (κ2) is 6.01. The van der Waals surface area contributed by atoms with E-state index in [9.17, 15) is 19.8 Å². The minimum absolute atomic E-state index is 0.144. The molecule has 4 heteroatoms. The van der Waals surface area contributed by atoms with Gasteiger partial charge >= 0.3 is 0 Å². The van der Waals surface area contributed by atoms with E-state index in [2.05, 4.69) is 0 Å². The van der Waals surface area contributed by atoms with E-state index in [1.807, 2.05) is 0 Å². The summed E-state index contributed by atoms with van der Waals surface area (Å²) in [5.74, 6) is -0.685. The molecule has 0 fully saturated rings. The van der Waals surface area contributed by atoms with Crippen LogP contribution in [-0.4, -0.2) is 21.8 Å². The van der Waals surface area contributed by atoms with Crippen LogP contribution in [0.3, 0.4) is 0 Å². The predicted molar refractivity (Wildman–Crippen MR) is 98.4 cm³/mol. The van der Waals surface area contributed by atoms with Crippen LogP contribution < -0.4 is 0 Å². The first-order chi connectivity index (χ1) is 12.5. The lowest BCUT2D eigenvalue weighted by atomic mass is 9.83. The number of carbonyl (C=O) groups excluding carboxylic acids is 2. The summed E-state index contributed by atoms with van der Waals surface area (Å²) < 4.78 is 0. The van der Waals surface area contributed by atoms with Crippen molar-refractivity contribution in [3.63, 3.8) is 0 Å². The number of phenolic OH excluding ortho intramolecular Hbond substituents is 2. The van der Waals surface area contributed by atoms with Crippen molar-refractivity contribution in [3.8, 4) is 11.5 Å². The molecule has 0 saturated carbocycles. The van der Waals surface area contributed by atoms with Gasteiger partial charge in [0.1, 0.15) is 0 Å². The number of ketones is 2. The van der Waals surface area contributed by atoms with Crippen LogP contribution in [0.2, 0.25) is 0 Å². The molecule has 4 rings (SSSR count). The Morgan fingerprint density at radius 3 is 1.77 bits per heavy atom. The Hall–Kier alpha value is -3.66. The second-order valence-electron chi connectivity index (χ2n) is 6.09. The zero-order valence-corrected chi connectivity index (χ0v) is 13.6. The van der Waals surface area contributed by atoms with Crippen LogP contribution in [0.1, 0.15) is 43.0 Å². The summed E-state index contributed by atoms with van der Waals surface area (Å²) in [6, 6.07) is 16.5. The van der Waals surface area contributed by atoms with Crippen LogP contribution >= 0.6 is 0 Å². The van der Waals surface area contributed by atoms with E-state index < -0.39 is 0 Å². The topological polar surface area (TPSA) is 74.6 Å². The van der Waals surface area contributed by atoms with Gasteiger partial charge in [0.2, 0.25) is 0 Å². The van der Waals surface area contributed by atoms with Crippen molar-refractivity contribution in [2.24, 2.45) is 0 Å². The molecule has 0 radical (unpaired) electrons. The van der Waals surface area contributed by atoms with Crippen LogP contribution in [-0.2, 0) is 0 Å². The first-order valence-corrected chi connectivity index (χ1v) is 8.07. The van der Waals surface area contributed by atoms with E-state index in [0.29, 0.717) is 27.8 Å². The van der Waals surface area contributed by atoms with Gasteiger partial charge in [-0.3, -0.25) is 9.59 Å². The SMILES string of the molecule is O=C1c2ccccc2C(=O)c2cc(C=Cc3ccc(O)c(O)c3)ccc21. The molecule has 0 heterocycles.